The lowest BCUT2D eigenvalue weighted by molar-refractivity contribution is 0.578. The van der Waals surface area contributed by atoms with Crippen molar-refractivity contribution in [2.24, 2.45) is 0 Å². The fraction of sp³-hybridized carbons (Fsp3) is 0.238. The maximum atomic E-state index is 4.84. The third-order valence-electron chi connectivity index (χ3n) is 5.68. The Morgan fingerprint density at radius 3 is 2.76 bits per heavy atom. The zero-order valence-corrected chi connectivity index (χ0v) is 15.8. The number of hydrogen-bond donors (Lipinski definition) is 3. The second kappa shape index (κ2) is 6.44. The molecule has 0 aliphatic carbocycles. The van der Waals surface area contributed by atoms with Gasteiger partial charge in [0.05, 0.1) is 46.7 Å². The first-order valence-electron chi connectivity index (χ1n) is 9.93. The van der Waals surface area contributed by atoms with Gasteiger partial charge in [0, 0.05) is 30.2 Å². The van der Waals surface area contributed by atoms with Crippen LogP contribution < -0.4 is 4.90 Å². The molecule has 0 unspecified atom stereocenters. The quantitative estimate of drug-likeness (QED) is 0.438. The molecule has 8 nitrogen and oxygen atoms in total. The van der Waals surface area contributed by atoms with Crippen LogP contribution in [0.4, 0.5) is 5.69 Å². The highest BCUT2D eigenvalue weighted by Gasteiger charge is 2.18. The monoisotopic (exact) mass is 384 g/mol. The Morgan fingerprint density at radius 2 is 1.90 bits per heavy atom. The van der Waals surface area contributed by atoms with Crippen LogP contribution in [0, 0.1) is 0 Å². The van der Waals surface area contributed by atoms with Crippen molar-refractivity contribution in [2.45, 2.75) is 19.3 Å². The molecule has 29 heavy (non-hydrogen) atoms. The highest BCUT2D eigenvalue weighted by Crippen LogP contribution is 2.33. The van der Waals surface area contributed by atoms with Crippen molar-refractivity contribution >= 4 is 27.6 Å². The predicted molar refractivity (Wildman–Crippen MR) is 113 cm³/mol. The average Bonchev–Trinajstić information content (AvgIpc) is 3.52. The molecule has 0 radical (unpaired) electrons. The number of anilines is 1. The zero-order valence-electron chi connectivity index (χ0n) is 15.8. The average molecular weight is 384 g/mol. The molecule has 1 aliphatic heterocycles. The molecule has 6 rings (SSSR count). The Morgan fingerprint density at radius 1 is 0.966 bits per heavy atom. The molecule has 0 saturated carbocycles. The molecule has 1 fully saturated rings. The van der Waals surface area contributed by atoms with Crippen molar-refractivity contribution in [3.8, 4) is 22.6 Å². The molecule has 3 N–H and O–H groups in total. The predicted octanol–water partition coefficient (Wildman–Crippen LogP) is 3.88. The summed E-state index contributed by atoms with van der Waals surface area (Å²) in [5.41, 5.74) is 7.51. The van der Waals surface area contributed by atoms with Crippen LogP contribution in [0.5, 0.6) is 0 Å². The summed E-state index contributed by atoms with van der Waals surface area (Å²) in [6, 6.07) is 6.14. The number of aromatic nitrogens is 7. The standard InChI is InChI=1S/C21H20N8/c1-2-6-29(7-3-1)19-12-22-11-18-14(19)8-17(25-18)21-20-16(27-28-21)5-4-15(26-20)13-9-23-24-10-13/h4-5,8-12,25H,1-3,6-7H2,(H,23,24)(H,27,28). The van der Waals surface area contributed by atoms with Crippen LogP contribution in [-0.2, 0) is 0 Å². The summed E-state index contributed by atoms with van der Waals surface area (Å²) in [4.78, 5) is 15.2. The van der Waals surface area contributed by atoms with E-state index in [2.05, 4.69) is 41.3 Å². The van der Waals surface area contributed by atoms with Crippen molar-refractivity contribution in [1.82, 2.24) is 35.3 Å². The van der Waals surface area contributed by atoms with E-state index in [1.165, 1.54) is 30.3 Å². The third kappa shape index (κ3) is 2.67. The lowest BCUT2D eigenvalue weighted by atomic mass is 10.1. The SMILES string of the molecule is c1n[nH]cc1-c1ccc2[nH]nc(-c3cc4c(N5CCCCC5)cncc4[nH]3)c2n1. The van der Waals surface area contributed by atoms with E-state index in [4.69, 9.17) is 4.98 Å². The van der Waals surface area contributed by atoms with Crippen LogP contribution in [0.3, 0.4) is 0 Å². The van der Waals surface area contributed by atoms with Gasteiger partial charge in [0.25, 0.3) is 0 Å². The summed E-state index contributed by atoms with van der Waals surface area (Å²) in [6.45, 7) is 2.17. The van der Waals surface area contributed by atoms with Crippen molar-refractivity contribution < 1.29 is 0 Å². The van der Waals surface area contributed by atoms with E-state index in [0.29, 0.717) is 0 Å². The number of fused-ring (bicyclic) bond motifs is 2. The molecule has 6 heterocycles. The summed E-state index contributed by atoms with van der Waals surface area (Å²) in [5.74, 6) is 0. The van der Waals surface area contributed by atoms with Gasteiger partial charge in [0.2, 0.25) is 0 Å². The van der Waals surface area contributed by atoms with Gasteiger partial charge in [-0.15, -0.1) is 0 Å². The lowest BCUT2D eigenvalue weighted by Gasteiger charge is -2.28. The molecule has 144 valence electrons. The highest BCUT2D eigenvalue weighted by atomic mass is 15.2. The Bertz CT molecular complexity index is 1290. The number of nitrogens with zero attached hydrogens (tertiary/aromatic N) is 5. The molecule has 0 aromatic carbocycles. The molecular weight excluding hydrogens is 364 g/mol. The lowest BCUT2D eigenvalue weighted by Crippen LogP contribution is -2.29. The van der Waals surface area contributed by atoms with E-state index < -0.39 is 0 Å². The molecule has 8 heteroatoms. The van der Waals surface area contributed by atoms with Gasteiger partial charge in [0.15, 0.2) is 0 Å². The molecule has 0 bridgehead atoms. The fourth-order valence-electron chi connectivity index (χ4n) is 4.19. The molecule has 0 spiro atoms. The van der Waals surface area contributed by atoms with Crippen molar-refractivity contribution in [3.05, 3.63) is 43.0 Å². The zero-order chi connectivity index (χ0) is 19.2. The number of rotatable bonds is 3. The minimum absolute atomic E-state index is 0.811. The van der Waals surface area contributed by atoms with E-state index in [0.717, 1.165) is 52.3 Å². The topological polar surface area (TPSA) is 102 Å². The summed E-state index contributed by atoms with van der Waals surface area (Å²) in [5, 5.41) is 15.7. The normalized spacial score (nSPS) is 14.8. The van der Waals surface area contributed by atoms with Gasteiger partial charge >= 0.3 is 0 Å². The Labute approximate surface area is 166 Å². The van der Waals surface area contributed by atoms with E-state index in [1.54, 1.807) is 6.20 Å². The molecular formula is C21H20N8. The van der Waals surface area contributed by atoms with E-state index in [9.17, 15) is 0 Å². The summed E-state index contributed by atoms with van der Waals surface area (Å²) < 4.78 is 0. The maximum Gasteiger partial charge on any atom is 0.135 e. The number of piperidine rings is 1. The molecule has 1 saturated heterocycles. The summed E-state index contributed by atoms with van der Waals surface area (Å²) in [6.07, 6.45) is 11.2. The first-order valence-corrected chi connectivity index (χ1v) is 9.93. The van der Waals surface area contributed by atoms with Crippen molar-refractivity contribution in [2.75, 3.05) is 18.0 Å². The van der Waals surface area contributed by atoms with E-state index >= 15 is 0 Å². The van der Waals surface area contributed by atoms with Gasteiger partial charge in [-0.2, -0.15) is 10.2 Å². The Kier molecular flexibility index (Phi) is 3.62. The van der Waals surface area contributed by atoms with Gasteiger partial charge in [0.1, 0.15) is 11.2 Å². The third-order valence-corrected chi connectivity index (χ3v) is 5.68. The van der Waals surface area contributed by atoms with Crippen LogP contribution in [-0.4, -0.2) is 48.4 Å². The van der Waals surface area contributed by atoms with Crippen LogP contribution in [0.1, 0.15) is 19.3 Å². The van der Waals surface area contributed by atoms with E-state index in [1.807, 2.05) is 30.7 Å². The van der Waals surface area contributed by atoms with Crippen LogP contribution in [0.2, 0.25) is 0 Å². The first kappa shape index (κ1) is 16.3. The number of H-pyrrole nitrogens is 3. The second-order valence-electron chi connectivity index (χ2n) is 7.50. The minimum atomic E-state index is 0.811. The molecule has 0 amide bonds. The van der Waals surface area contributed by atoms with Crippen molar-refractivity contribution in [3.63, 3.8) is 0 Å². The fourth-order valence-corrected chi connectivity index (χ4v) is 4.19. The number of pyridine rings is 2. The van der Waals surface area contributed by atoms with Crippen LogP contribution in [0.15, 0.2) is 43.0 Å². The molecule has 1 aliphatic rings. The first-order chi connectivity index (χ1) is 14.4. The second-order valence-corrected chi connectivity index (χ2v) is 7.50. The maximum absolute atomic E-state index is 4.84. The van der Waals surface area contributed by atoms with Gasteiger partial charge in [-0.25, -0.2) is 4.98 Å². The minimum Gasteiger partial charge on any atom is -0.370 e. The summed E-state index contributed by atoms with van der Waals surface area (Å²) in [7, 11) is 0. The Hall–Kier alpha value is -3.68. The van der Waals surface area contributed by atoms with Gasteiger partial charge in [-0.1, -0.05) is 0 Å². The molecule has 5 aromatic rings. The van der Waals surface area contributed by atoms with Gasteiger partial charge < -0.3 is 9.88 Å². The number of hydrogen-bond acceptors (Lipinski definition) is 5. The van der Waals surface area contributed by atoms with Gasteiger partial charge in [-0.3, -0.25) is 15.2 Å². The van der Waals surface area contributed by atoms with Gasteiger partial charge in [-0.05, 0) is 37.5 Å². The van der Waals surface area contributed by atoms with Crippen LogP contribution >= 0.6 is 0 Å². The molecule has 5 aromatic heterocycles. The number of aromatic amines is 3. The molecule has 0 atom stereocenters. The van der Waals surface area contributed by atoms with E-state index in [-0.39, 0.29) is 0 Å². The number of nitrogens with one attached hydrogen (secondary N) is 3. The Balaban J connectivity index is 1.48. The smallest absolute Gasteiger partial charge is 0.135 e. The largest absolute Gasteiger partial charge is 0.370 e. The summed E-state index contributed by atoms with van der Waals surface area (Å²) >= 11 is 0. The highest BCUT2D eigenvalue weighted by molar-refractivity contribution is 5.98. The van der Waals surface area contributed by atoms with Crippen LogP contribution in [0.25, 0.3) is 44.6 Å². The van der Waals surface area contributed by atoms with Crippen molar-refractivity contribution in [1.29, 1.82) is 0 Å².